The average Bonchev–Trinajstić information content (AvgIpc) is 3.26. The van der Waals surface area contributed by atoms with E-state index >= 15 is 0 Å². The van der Waals surface area contributed by atoms with Crippen LogP contribution >= 0.6 is 11.6 Å². The highest BCUT2D eigenvalue weighted by molar-refractivity contribution is 6.31. The molecule has 2 aliphatic heterocycles. The van der Waals surface area contributed by atoms with Crippen LogP contribution in [0.1, 0.15) is 62.0 Å². The first-order valence-electron chi connectivity index (χ1n) is 12.6. The summed E-state index contributed by atoms with van der Waals surface area (Å²) >= 11 is 6.13. The molecule has 33 heavy (non-hydrogen) atoms. The second-order valence-electron chi connectivity index (χ2n) is 9.64. The maximum Gasteiger partial charge on any atom is 0.226 e. The molecule has 174 valence electrons. The smallest absolute Gasteiger partial charge is 0.226 e. The molecule has 1 aromatic heterocycles. The van der Waals surface area contributed by atoms with E-state index in [0.717, 1.165) is 68.1 Å². The number of aromatic nitrogens is 1. The zero-order chi connectivity index (χ0) is 22.6. The number of halogens is 1. The summed E-state index contributed by atoms with van der Waals surface area (Å²) in [4.78, 5) is 20.8. The number of carbonyl (C=O) groups is 1. The molecular formula is C28H34ClN3O. The van der Waals surface area contributed by atoms with E-state index < -0.39 is 0 Å². The number of hydrogen-bond acceptors (Lipinski definition) is 2. The summed E-state index contributed by atoms with van der Waals surface area (Å²) in [5, 5.41) is 2.10. The first kappa shape index (κ1) is 22.5. The van der Waals surface area contributed by atoms with Crippen molar-refractivity contribution in [3.8, 4) is 0 Å². The van der Waals surface area contributed by atoms with E-state index in [2.05, 4.69) is 40.3 Å². The fraction of sp³-hybridized carbons (Fsp3) is 0.464. The number of nitrogens with zero attached hydrogens (tertiary/aromatic N) is 2. The number of anilines is 1. The topological polar surface area (TPSA) is 39.3 Å². The third-order valence-corrected chi connectivity index (χ3v) is 7.71. The van der Waals surface area contributed by atoms with Gasteiger partial charge in [-0.15, -0.1) is 0 Å². The first-order valence-corrected chi connectivity index (χ1v) is 12.9. The van der Waals surface area contributed by atoms with Gasteiger partial charge in [-0.1, -0.05) is 42.3 Å². The number of benzene rings is 2. The van der Waals surface area contributed by atoms with Gasteiger partial charge in [0.2, 0.25) is 5.91 Å². The molecule has 0 saturated carbocycles. The van der Waals surface area contributed by atoms with Crippen molar-refractivity contribution >= 4 is 34.1 Å². The second-order valence-corrected chi connectivity index (χ2v) is 10.1. The van der Waals surface area contributed by atoms with Gasteiger partial charge in [0.15, 0.2) is 0 Å². The number of H-pyrrole nitrogens is 1. The quantitative estimate of drug-likeness (QED) is 0.404. The minimum Gasteiger partial charge on any atom is -0.361 e. The highest BCUT2D eigenvalue weighted by Crippen LogP contribution is 2.34. The Morgan fingerprint density at radius 1 is 1.03 bits per heavy atom. The average molecular weight is 464 g/mol. The number of para-hydroxylation sites is 1. The van der Waals surface area contributed by atoms with Gasteiger partial charge < -0.3 is 14.8 Å². The van der Waals surface area contributed by atoms with Crippen molar-refractivity contribution in [2.75, 3.05) is 31.1 Å². The van der Waals surface area contributed by atoms with Gasteiger partial charge in [0.05, 0.1) is 0 Å². The van der Waals surface area contributed by atoms with Crippen molar-refractivity contribution in [1.29, 1.82) is 0 Å². The Morgan fingerprint density at radius 2 is 1.88 bits per heavy atom. The van der Waals surface area contributed by atoms with E-state index in [1.807, 2.05) is 23.1 Å². The lowest BCUT2D eigenvalue weighted by atomic mass is 9.89. The Labute approximate surface area is 201 Å². The van der Waals surface area contributed by atoms with Gasteiger partial charge in [-0.3, -0.25) is 4.79 Å². The van der Waals surface area contributed by atoms with Gasteiger partial charge in [-0.25, -0.2) is 0 Å². The molecule has 0 aliphatic carbocycles. The summed E-state index contributed by atoms with van der Waals surface area (Å²) < 4.78 is 0. The molecule has 1 N–H and O–H groups in total. The number of fused-ring (bicyclic) bond motifs is 2. The van der Waals surface area contributed by atoms with Crippen LogP contribution in [0.25, 0.3) is 10.9 Å². The molecule has 5 heteroatoms. The zero-order valence-electron chi connectivity index (χ0n) is 19.4. The molecule has 0 unspecified atom stereocenters. The van der Waals surface area contributed by atoms with Crippen LogP contribution in [0.4, 0.5) is 5.69 Å². The molecule has 3 aromatic rings. The zero-order valence-corrected chi connectivity index (χ0v) is 20.1. The fourth-order valence-corrected chi connectivity index (χ4v) is 5.81. The number of hydrogen-bond donors (Lipinski definition) is 1. The summed E-state index contributed by atoms with van der Waals surface area (Å²) in [7, 11) is 0. The molecule has 0 spiro atoms. The molecule has 1 fully saturated rings. The third kappa shape index (κ3) is 5.12. The van der Waals surface area contributed by atoms with Crippen molar-refractivity contribution in [2.24, 2.45) is 0 Å². The summed E-state index contributed by atoms with van der Waals surface area (Å²) in [5.74, 6) is 0.921. The molecule has 1 saturated heterocycles. The van der Waals surface area contributed by atoms with Crippen molar-refractivity contribution in [2.45, 2.75) is 57.3 Å². The van der Waals surface area contributed by atoms with Gasteiger partial charge in [0, 0.05) is 40.8 Å². The molecule has 2 aromatic carbocycles. The molecular weight excluding hydrogens is 430 g/mol. The SMILES string of the molecule is O=C(CCCCCN1CCC(c2c[nH]c3cc(Cl)ccc23)CC1)N1CCCc2ccccc21. The van der Waals surface area contributed by atoms with E-state index in [9.17, 15) is 4.79 Å². The summed E-state index contributed by atoms with van der Waals surface area (Å²) in [6, 6.07) is 14.5. The van der Waals surface area contributed by atoms with Crippen LogP contribution in [0.3, 0.4) is 0 Å². The third-order valence-electron chi connectivity index (χ3n) is 7.48. The highest BCUT2D eigenvalue weighted by Gasteiger charge is 2.23. The number of unbranched alkanes of at least 4 members (excludes halogenated alkanes) is 2. The summed E-state index contributed by atoms with van der Waals surface area (Å²) in [6.07, 6.45) is 10.7. The Bertz CT molecular complexity index is 1100. The fourth-order valence-electron chi connectivity index (χ4n) is 5.64. The molecule has 5 rings (SSSR count). The van der Waals surface area contributed by atoms with Crippen LogP contribution in [0.5, 0.6) is 0 Å². The first-order chi connectivity index (χ1) is 16.2. The molecule has 1 amide bonds. The van der Waals surface area contributed by atoms with E-state index in [4.69, 9.17) is 11.6 Å². The van der Waals surface area contributed by atoms with Gasteiger partial charge in [0.25, 0.3) is 0 Å². The number of likely N-dealkylation sites (tertiary alicyclic amines) is 1. The number of piperidine rings is 1. The Kier molecular flexibility index (Phi) is 7.03. The van der Waals surface area contributed by atoms with Gasteiger partial charge in [-0.2, -0.15) is 0 Å². The molecule has 0 atom stereocenters. The van der Waals surface area contributed by atoms with Crippen molar-refractivity contribution < 1.29 is 4.79 Å². The lowest BCUT2D eigenvalue weighted by Crippen LogP contribution is -2.35. The largest absolute Gasteiger partial charge is 0.361 e. The van der Waals surface area contributed by atoms with Gasteiger partial charge in [-0.05, 0) is 93.4 Å². The standard InChI is InChI=1S/C28H34ClN3O/c29-23-11-12-24-25(20-30-26(24)19-23)21-13-17-31(18-14-21)15-5-1-2-10-28(33)32-16-6-8-22-7-3-4-9-27(22)32/h3-4,7,9,11-12,19-21,30H,1-2,5-6,8,10,13-18H2. The van der Waals surface area contributed by atoms with Crippen LogP contribution in [0, 0.1) is 0 Å². The van der Waals surface area contributed by atoms with Gasteiger partial charge in [0.1, 0.15) is 0 Å². The van der Waals surface area contributed by atoms with Crippen LogP contribution in [0.15, 0.2) is 48.7 Å². The van der Waals surface area contributed by atoms with E-state index in [0.29, 0.717) is 18.2 Å². The number of carbonyl (C=O) groups excluding carboxylic acids is 1. The van der Waals surface area contributed by atoms with E-state index in [-0.39, 0.29) is 0 Å². The summed E-state index contributed by atoms with van der Waals surface area (Å²) in [6.45, 7) is 4.34. The molecule has 0 bridgehead atoms. The van der Waals surface area contributed by atoms with Crippen molar-refractivity contribution in [3.05, 3.63) is 64.8 Å². The van der Waals surface area contributed by atoms with E-state index in [1.165, 1.54) is 35.8 Å². The maximum atomic E-state index is 12.8. The lowest BCUT2D eigenvalue weighted by molar-refractivity contribution is -0.118. The van der Waals surface area contributed by atoms with Crippen molar-refractivity contribution in [1.82, 2.24) is 9.88 Å². The van der Waals surface area contributed by atoms with Crippen LogP contribution in [0.2, 0.25) is 5.02 Å². The van der Waals surface area contributed by atoms with Crippen LogP contribution in [-0.4, -0.2) is 42.0 Å². The van der Waals surface area contributed by atoms with E-state index in [1.54, 1.807) is 0 Å². The highest BCUT2D eigenvalue weighted by atomic mass is 35.5. The second kappa shape index (κ2) is 10.3. The predicted octanol–water partition coefficient (Wildman–Crippen LogP) is 6.54. The molecule has 4 nitrogen and oxygen atoms in total. The van der Waals surface area contributed by atoms with Crippen molar-refractivity contribution in [3.63, 3.8) is 0 Å². The Morgan fingerprint density at radius 3 is 2.76 bits per heavy atom. The monoisotopic (exact) mass is 463 g/mol. The lowest BCUT2D eigenvalue weighted by Gasteiger charge is -2.32. The predicted molar refractivity (Wildman–Crippen MR) is 137 cm³/mol. The Balaban J connectivity index is 1.03. The minimum absolute atomic E-state index is 0.294. The minimum atomic E-state index is 0.294. The number of nitrogens with one attached hydrogen (secondary N) is 1. The van der Waals surface area contributed by atoms with Crippen LogP contribution in [-0.2, 0) is 11.2 Å². The number of amides is 1. The molecule has 0 radical (unpaired) electrons. The summed E-state index contributed by atoms with van der Waals surface area (Å²) in [5.41, 5.74) is 5.04. The molecule has 3 heterocycles. The maximum absolute atomic E-state index is 12.8. The Hall–Kier alpha value is -2.30. The number of rotatable bonds is 7. The number of aryl methyl sites for hydroxylation is 1. The molecule has 2 aliphatic rings. The van der Waals surface area contributed by atoms with Gasteiger partial charge >= 0.3 is 0 Å². The number of aromatic amines is 1. The van der Waals surface area contributed by atoms with Crippen LogP contribution < -0.4 is 4.90 Å². The normalized spacial score (nSPS) is 17.4.